The molecule has 4 N–H and O–H groups in total. The van der Waals surface area contributed by atoms with Gasteiger partial charge in [0.1, 0.15) is 0 Å². The molecule has 0 spiro atoms. The third kappa shape index (κ3) is 1.16. The number of carbonyl (C=O) groups excluding carboxylic acids is 1. The summed E-state index contributed by atoms with van der Waals surface area (Å²) in [6, 6.07) is 0. The second kappa shape index (κ2) is 2.92. The number of imidazole rings is 1. The van der Waals surface area contributed by atoms with E-state index in [2.05, 4.69) is 9.97 Å². The summed E-state index contributed by atoms with van der Waals surface area (Å²) in [5, 5.41) is 0. The molecule has 0 aliphatic rings. The zero-order valence-corrected chi connectivity index (χ0v) is 4.29. The topological polar surface area (TPSA) is 80.8 Å². The normalized spacial score (nSPS) is 7.50. The largest absolute Gasteiger partial charge is 0.344 e. The maximum Gasteiger partial charge on any atom is 0.185 e. The molecule has 0 unspecified atom stereocenters. The molecule has 0 atom stereocenters. The van der Waals surface area contributed by atoms with Crippen LogP contribution in [-0.2, 0) is 0 Å². The summed E-state index contributed by atoms with van der Waals surface area (Å²) in [5.41, 5.74) is 0. The van der Waals surface area contributed by atoms with Crippen molar-refractivity contribution in [2.45, 2.75) is 0 Å². The number of aromatic nitrogens is 2. The van der Waals surface area contributed by atoms with Crippen LogP contribution in [0.2, 0.25) is 0 Å². The fraction of sp³-hybridized carbons (Fsp3) is 0. The number of nitrogens with zero attached hydrogens (tertiary/aromatic N) is 1. The lowest BCUT2D eigenvalue weighted by Crippen LogP contribution is -1.78. The van der Waals surface area contributed by atoms with Crippen LogP contribution in [0, 0.1) is 0 Å². The number of carbonyl (C=O) groups is 1. The third-order valence-corrected chi connectivity index (χ3v) is 0.631. The van der Waals surface area contributed by atoms with E-state index in [0.717, 1.165) is 0 Å². The van der Waals surface area contributed by atoms with Gasteiger partial charge in [-0.15, -0.1) is 0 Å². The minimum Gasteiger partial charge on any atom is -0.344 e. The van der Waals surface area contributed by atoms with Crippen molar-refractivity contribution >= 4 is 6.29 Å². The van der Waals surface area contributed by atoms with Gasteiger partial charge in [0.05, 0.1) is 0 Å². The van der Waals surface area contributed by atoms with Gasteiger partial charge in [-0.25, -0.2) is 4.98 Å². The number of aromatic amines is 1. The zero-order chi connectivity index (χ0) is 5.11. The van der Waals surface area contributed by atoms with Crippen molar-refractivity contribution in [3.63, 3.8) is 0 Å². The first kappa shape index (κ1) is 6.84. The summed E-state index contributed by atoms with van der Waals surface area (Å²) in [6.45, 7) is 0. The Morgan fingerprint density at radius 2 is 2.50 bits per heavy atom. The van der Waals surface area contributed by atoms with Gasteiger partial charge >= 0.3 is 0 Å². The average Bonchev–Trinajstić information content (AvgIpc) is 2.14. The minimum absolute atomic E-state index is 0. The van der Waals surface area contributed by atoms with Crippen molar-refractivity contribution in [3.05, 3.63) is 18.2 Å². The van der Waals surface area contributed by atoms with Gasteiger partial charge in [-0.05, 0) is 0 Å². The molecular weight excluding hydrogens is 106 g/mol. The van der Waals surface area contributed by atoms with E-state index in [9.17, 15) is 4.79 Å². The molecule has 0 aromatic carbocycles. The minimum atomic E-state index is 0. The summed E-state index contributed by atoms with van der Waals surface area (Å²) < 4.78 is 0. The summed E-state index contributed by atoms with van der Waals surface area (Å²) in [6.07, 6.45) is 3.80. The predicted octanol–water partition coefficient (Wildman–Crippen LogP) is 0.384. The van der Waals surface area contributed by atoms with Crippen LogP contribution in [0.3, 0.4) is 0 Å². The number of nitrogens with one attached hydrogen (secondary N) is 1. The molecule has 44 valence electrons. The number of H-pyrrole nitrogens is 1. The van der Waals surface area contributed by atoms with Crippen LogP contribution in [0.5, 0.6) is 0 Å². The molecule has 0 fully saturated rings. The lowest BCUT2D eigenvalue weighted by Gasteiger charge is -1.68. The summed E-state index contributed by atoms with van der Waals surface area (Å²) >= 11 is 0. The molecule has 1 heterocycles. The smallest absolute Gasteiger partial charge is 0.185 e. The van der Waals surface area contributed by atoms with Crippen molar-refractivity contribution in [1.29, 1.82) is 0 Å². The van der Waals surface area contributed by atoms with Gasteiger partial charge in [-0.1, -0.05) is 0 Å². The number of hydrogen-bond donors (Lipinski definition) is 2. The van der Waals surface area contributed by atoms with Gasteiger partial charge < -0.3 is 11.1 Å². The SMILES string of the molecule is N.O=Cc1ncc[nH]1. The lowest BCUT2D eigenvalue weighted by molar-refractivity contribution is 0.111. The molecule has 0 saturated carbocycles. The maximum atomic E-state index is 9.77. The molecule has 4 nitrogen and oxygen atoms in total. The third-order valence-electron chi connectivity index (χ3n) is 0.631. The average molecular weight is 113 g/mol. The van der Waals surface area contributed by atoms with Crippen LogP contribution in [0.15, 0.2) is 12.4 Å². The van der Waals surface area contributed by atoms with Crippen LogP contribution in [0.4, 0.5) is 0 Å². The van der Waals surface area contributed by atoms with Crippen molar-refractivity contribution in [1.82, 2.24) is 16.1 Å². The molecule has 0 radical (unpaired) electrons. The first-order valence-electron chi connectivity index (χ1n) is 1.88. The van der Waals surface area contributed by atoms with Crippen molar-refractivity contribution < 1.29 is 4.79 Å². The number of hydrogen-bond acceptors (Lipinski definition) is 3. The Balaban J connectivity index is 0.000000490. The van der Waals surface area contributed by atoms with Crippen LogP contribution in [-0.4, -0.2) is 16.3 Å². The first-order chi connectivity index (χ1) is 3.43. The molecule has 0 amide bonds. The Bertz CT molecular complexity index is 146. The van der Waals surface area contributed by atoms with Gasteiger partial charge in [0.2, 0.25) is 0 Å². The van der Waals surface area contributed by atoms with Gasteiger partial charge in [0.25, 0.3) is 0 Å². The molecule has 1 aromatic rings. The summed E-state index contributed by atoms with van der Waals surface area (Å²) in [7, 11) is 0. The number of aldehydes is 1. The molecular formula is C4H7N3O. The van der Waals surface area contributed by atoms with E-state index in [-0.39, 0.29) is 6.15 Å². The first-order valence-corrected chi connectivity index (χ1v) is 1.88. The van der Waals surface area contributed by atoms with Crippen molar-refractivity contribution in [2.24, 2.45) is 0 Å². The van der Waals surface area contributed by atoms with E-state index in [1.165, 1.54) is 6.20 Å². The van der Waals surface area contributed by atoms with Gasteiger partial charge in [0.15, 0.2) is 12.1 Å². The predicted molar refractivity (Wildman–Crippen MR) is 29.0 cm³/mol. The highest BCUT2D eigenvalue weighted by Crippen LogP contribution is 1.77. The Morgan fingerprint density at radius 3 is 2.75 bits per heavy atom. The Labute approximate surface area is 46.5 Å². The highest BCUT2D eigenvalue weighted by atomic mass is 16.1. The molecule has 1 aromatic heterocycles. The molecule has 1 rings (SSSR count). The molecule has 0 saturated heterocycles. The van der Waals surface area contributed by atoms with Crippen LogP contribution in [0.1, 0.15) is 10.6 Å². The van der Waals surface area contributed by atoms with E-state index in [0.29, 0.717) is 12.1 Å². The Morgan fingerprint density at radius 1 is 1.75 bits per heavy atom. The fourth-order valence-electron chi connectivity index (χ4n) is 0.342. The second-order valence-electron chi connectivity index (χ2n) is 1.09. The monoisotopic (exact) mass is 113 g/mol. The molecule has 0 aliphatic heterocycles. The van der Waals surface area contributed by atoms with E-state index in [1.807, 2.05) is 0 Å². The maximum absolute atomic E-state index is 9.77. The standard InChI is InChI=1S/C4H4N2O.H3N/c7-3-4-5-1-2-6-4;/h1-3H,(H,5,6);1H3. The lowest BCUT2D eigenvalue weighted by atomic mass is 10.7. The van der Waals surface area contributed by atoms with E-state index >= 15 is 0 Å². The Hall–Kier alpha value is -1.16. The van der Waals surface area contributed by atoms with Gasteiger partial charge in [-0.2, -0.15) is 0 Å². The van der Waals surface area contributed by atoms with Gasteiger partial charge in [-0.3, -0.25) is 4.79 Å². The van der Waals surface area contributed by atoms with Crippen LogP contribution < -0.4 is 6.15 Å². The van der Waals surface area contributed by atoms with E-state index < -0.39 is 0 Å². The quantitative estimate of drug-likeness (QED) is 0.516. The zero-order valence-electron chi connectivity index (χ0n) is 4.29. The summed E-state index contributed by atoms with van der Waals surface area (Å²) in [5.74, 6) is 0.375. The van der Waals surface area contributed by atoms with Crippen LogP contribution in [0.25, 0.3) is 0 Å². The molecule has 8 heavy (non-hydrogen) atoms. The molecule has 4 heteroatoms. The Kier molecular flexibility index (Phi) is 2.50. The molecule has 0 aliphatic carbocycles. The van der Waals surface area contributed by atoms with E-state index in [4.69, 9.17) is 0 Å². The number of rotatable bonds is 1. The highest BCUT2D eigenvalue weighted by Gasteiger charge is 1.82. The van der Waals surface area contributed by atoms with Crippen molar-refractivity contribution in [2.75, 3.05) is 0 Å². The van der Waals surface area contributed by atoms with E-state index in [1.54, 1.807) is 6.20 Å². The highest BCUT2D eigenvalue weighted by molar-refractivity contribution is 5.68. The summed E-state index contributed by atoms with van der Waals surface area (Å²) in [4.78, 5) is 16.0. The molecule has 0 bridgehead atoms. The van der Waals surface area contributed by atoms with Gasteiger partial charge in [0, 0.05) is 12.4 Å². The van der Waals surface area contributed by atoms with Crippen LogP contribution >= 0.6 is 0 Å². The van der Waals surface area contributed by atoms with Crippen molar-refractivity contribution in [3.8, 4) is 0 Å². The second-order valence-corrected chi connectivity index (χ2v) is 1.09. The fourth-order valence-corrected chi connectivity index (χ4v) is 0.342.